The van der Waals surface area contributed by atoms with Crippen LogP contribution < -0.4 is 10.1 Å². The Bertz CT molecular complexity index is 589. The number of hydrogen-bond acceptors (Lipinski definition) is 3. The van der Waals surface area contributed by atoms with E-state index in [4.69, 9.17) is 4.74 Å². The number of hydrogen-bond donors (Lipinski definition) is 1. The Hall–Kier alpha value is -1.39. The molecule has 1 aromatic heterocycles. The van der Waals surface area contributed by atoms with Crippen molar-refractivity contribution in [3.8, 4) is 5.75 Å². The van der Waals surface area contributed by atoms with Crippen LogP contribution in [0.4, 0.5) is 4.39 Å². The fraction of sp³-hybridized carbons (Fsp3) is 0.412. The highest BCUT2D eigenvalue weighted by Gasteiger charge is 2.20. The van der Waals surface area contributed by atoms with Gasteiger partial charge in [-0.05, 0) is 44.5 Å². The predicted molar refractivity (Wildman–Crippen MR) is 86.9 cm³/mol. The van der Waals surface area contributed by atoms with Gasteiger partial charge >= 0.3 is 0 Å². The van der Waals surface area contributed by atoms with Crippen molar-refractivity contribution < 1.29 is 9.13 Å². The number of benzene rings is 1. The highest BCUT2D eigenvalue weighted by atomic mass is 32.1. The van der Waals surface area contributed by atoms with Gasteiger partial charge in [0.15, 0.2) is 0 Å². The first-order valence-electron chi connectivity index (χ1n) is 7.20. The quantitative estimate of drug-likeness (QED) is 0.842. The summed E-state index contributed by atoms with van der Waals surface area (Å²) >= 11 is 1.73. The van der Waals surface area contributed by atoms with Gasteiger partial charge in [-0.25, -0.2) is 4.39 Å². The van der Waals surface area contributed by atoms with Gasteiger partial charge in [0.05, 0.1) is 13.2 Å². The largest absolute Gasteiger partial charge is 0.497 e. The van der Waals surface area contributed by atoms with Crippen LogP contribution in [-0.4, -0.2) is 13.7 Å². The maximum Gasteiger partial charge on any atom is 0.132 e. The Morgan fingerprint density at radius 1 is 1.29 bits per heavy atom. The van der Waals surface area contributed by atoms with Gasteiger partial charge in [-0.2, -0.15) is 0 Å². The van der Waals surface area contributed by atoms with Gasteiger partial charge in [-0.3, -0.25) is 0 Å². The smallest absolute Gasteiger partial charge is 0.132 e. The summed E-state index contributed by atoms with van der Waals surface area (Å²) < 4.78 is 19.5. The molecule has 114 valence electrons. The lowest BCUT2D eigenvalue weighted by Crippen LogP contribution is -2.23. The second-order valence-electron chi connectivity index (χ2n) is 5.16. The molecule has 0 bridgehead atoms. The molecule has 21 heavy (non-hydrogen) atoms. The van der Waals surface area contributed by atoms with E-state index in [1.54, 1.807) is 18.4 Å². The van der Waals surface area contributed by atoms with Crippen LogP contribution in [0, 0.1) is 19.7 Å². The third-order valence-corrected chi connectivity index (χ3v) is 4.80. The van der Waals surface area contributed by atoms with Crippen molar-refractivity contribution in [2.45, 2.75) is 33.2 Å². The van der Waals surface area contributed by atoms with Crippen molar-refractivity contribution in [2.24, 2.45) is 0 Å². The van der Waals surface area contributed by atoms with E-state index in [0.717, 1.165) is 17.8 Å². The lowest BCUT2D eigenvalue weighted by atomic mass is 10.0. The number of methoxy groups -OCH3 is 1. The molecule has 0 aliphatic rings. The molecule has 0 saturated carbocycles. The molecule has 2 aromatic rings. The summed E-state index contributed by atoms with van der Waals surface area (Å²) in [4.78, 5) is 2.43. The summed E-state index contributed by atoms with van der Waals surface area (Å²) in [7, 11) is 1.55. The van der Waals surface area contributed by atoms with E-state index in [1.165, 1.54) is 16.5 Å². The molecular weight excluding hydrogens is 285 g/mol. The Morgan fingerprint density at radius 3 is 2.57 bits per heavy atom. The number of thiophene rings is 1. The molecule has 1 unspecified atom stereocenters. The molecule has 0 aliphatic carbocycles. The zero-order valence-corrected chi connectivity index (χ0v) is 13.8. The van der Waals surface area contributed by atoms with Gasteiger partial charge in [0.1, 0.15) is 11.6 Å². The number of halogens is 1. The summed E-state index contributed by atoms with van der Waals surface area (Å²) in [5.41, 5.74) is 1.93. The normalized spacial score (nSPS) is 12.4. The first kappa shape index (κ1) is 16.0. The summed E-state index contributed by atoms with van der Waals surface area (Å²) in [6.07, 6.45) is 1.01. The predicted octanol–water partition coefficient (Wildman–Crippen LogP) is 4.60. The SMILES string of the molecule is CCCNC(c1cc(C)c(C)s1)c1ccc(OC)cc1F. The average Bonchev–Trinajstić information content (AvgIpc) is 2.80. The monoisotopic (exact) mass is 307 g/mol. The van der Waals surface area contributed by atoms with Crippen LogP contribution in [0.25, 0.3) is 0 Å². The Balaban J connectivity index is 2.40. The van der Waals surface area contributed by atoms with Crippen LogP contribution in [0.5, 0.6) is 5.75 Å². The molecule has 1 atom stereocenters. The van der Waals surface area contributed by atoms with E-state index in [1.807, 2.05) is 12.1 Å². The minimum absolute atomic E-state index is 0.103. The highest BCUT2D eigenvalue weighted by Crippen LogP contribution is 2.33. The Labute approximate surface area is 130 Å². The Morgan fingerprint density at radius 2 is 2.05 bits per heavy atom. The second kappa shape index (κ2) is 7.05. The van der Waals surface area contributed by atoms with Crippen molar-refractivity contribution in [1.29, 1.82) is 0 Å². The van der Waals surface area contributed by atoms with Crippen LogP contribution in [-0.2, 0) is 0 Å². The molecular formula is C17H22FNOS. The number of aryl methyl sites for hydroxylation is 2. The first-order chi connectivity index (χ1) is 10.1. The number of ether oxygens (including phenoxy) is 1. The highest BCUT2D eigenvalue weighted by molar-refractivity contribution is 7.12. The minimum atomic E-state index is -0.230. The van der Waals surface area contributed by atoms with Gasteiger partial charge in [0.25, 0.3) is 0 Å². The topological polar surface area (TPSA) is 21.3 Å². The summed E-state index contributed by atoms with van der Waals surface area (Å²) in [6.45, 7) is 7.16. The van der Waals surface area contributed by atoms with Crippen LogP contribution in [0.3, 0.4) is 0 Å². The maximum atomic E-state index is 14.4. The van der Waals surface area contributed by atoms with Gasteiger partial charge in [0.2, 0.25) is 0 Å². The van der Waals surface area contributed by atoms with Gasteiger partial charge in [0, 0.05) is 21.4 Å². The molecule has 0 saturated heterocycles. The fourth-order valence-electron chi connectivity index (χ4n) is 2.27. The zero-order chi connectivity index (χ0) is 15.4. The summed E-state index contributed by atoms with van der Waals surface area (Å²) in [5, 5.41) is 3.45. The zero-order valence-electron chi connectivity index (χ0n) is 13.0. The molecule has 0 aliphatic heterocycles. The lowest BCUT2D eigenvalue weighted by Gasteiger charge is -2.19. The number of nitrogens with one attached hydrogen (secondary N) is 1. The van der Waals surface area contributed by atoms with E-state index in [9.17, 15) is 4.39 Å². The van der Waals surface area contributed by atoms with Gasteiger partial charge in [-0.1, -0.05) is 13.0 Å². The van der Waals surface area contributed by atoms with E-state index < -0.39 is 0 Å². The van der Waals surface area contributed by atoms with Gasteiger partial charge in [-0.15, -0.1) is 11.3 Å². The third kappa shape index (κ3) is 3.63. The molecule has 0 fully saturated rings. The van der Waals surface area contributed by atoms with Crippen molar-refractivity contribution >= 4 is 11.3 Å². The van der Waals surface area contributed by atoms with Gasteiger partial charge < -0.3 is 10.1 Å². The van der Waals surface area contributed by atoms with E-state index in [-0.39, 0.29) is 11.9 Å². The molecule has 1 N–H and O–H groups in total. The molecule has 2 nitrogen and oxygen atoms in total. The number of rotatable bonds is 6. The second-order valence-corrected chi connectivity index (χ2v) is 6.45. The minimum Gasteiger partial charge on any atom is -0.497 e. The van der Waals surface area contributed by atoms with Crippen molar-refractivity contribution in [3.05, 3.63) is 51.0 Å². The summed E-state index contributed by atoms with van der Waals surface area (Å²) in [6, 6.07) is 7.12. The van der Waals surface area contributed by atoms with Crippen LogP contribution in [0.1, 0.15) is 40.3 Å². The fourth-order valence-corrected chi connectivity index (χ4v) is 3.40. The summed E-state index contributed by atoms with van der Waals surface area (Å²) in [5.74, 6) is 0.315. The maximum absolute atomic E-state index is 14.4. The van der Waals surface area contributed by atoms with Crippen LogP contribution in [0.15, 0.2) is 24.3 Å². The van der Waals surface area contributed by atoms with Crippen molar-refractivity contribution in [3.63, 3.8) is 0 Å². The standard InChI is InChI=1S/C17H22FNOS/c1-5-8-19-17(16-9-11(2)12(3)21-16)14-7-6-13(20-4)10-15(14)18/h6-7,9-10,17,19H,5,8H2,1-4H3. The lowest BCUT2D eigenvalue weighted by molar-refractivity contribution is 0.410. The molecule has 0 amide bonds. The van der Waals surface area contributed by atoms with Crippen LogP contribution >= 0.6 is 11.3 Å². The average molecular weight is 307 g/mol. The molecule has 0 radical (unpaired) electrons. The molecule has 2 rings (SSSR count). The van der Waals surface area contributed by atoms with E-state index in [0.29, 0.717) is 11.3 Å². The first-order valence-corrected chi connectivity index (χ1v) is 8.02. The Kier molecular flexibility index (Phi) is 5.37. The molecule has 1 aromatic carbocycles. The van der Waals surface area contributed by atoms with E-state index in [2.05, 4.69) is 32.2 Å². The molecule has 4 heteroatoms. The van der Waals surface area contributed by atoms with Crippen LogP contribution in [0.2, 0.25) is 0 Å². The molecule has 0 spiro atoms. The van der Waals surface area contributed by atoms with Crippen molar-refractivity contribution in [1.82, 2.24) is 5.32 Å². The van der Waals surface area contributed by atoms with E-state index >= 15 is 0 Å². The molecule has 1 heterocycles. The third-order valence-electron chi connectivity index (χ3n) is 3.59. The van der Waals surface area contributed by atoms with Crippen molar-refractivity contribution in [2.75, 3.05) is 13.7 Å².